The van der Waals surface area contributed by atoms with Crippen LogP contribution in [0.4, 0.5) is 4.39 Å². The number of hydrogen-bond acceptors (Lipinski definition) is 4. The maximum atomic E-state index is 13.3. The molecule has 0 aliphatic rings. The zero-order valence-electron chi connectivity index (χ0n) is 7.94. The standard InChI is InChI=1S/C7H7ClFNO4S2/c1-10-16(13,14)7-3-2-5(4-6(7)9)15(8,11)12/h2-4,10H,1H3. The monoisotopic (exact) mass is 287 g/mol. The molecule has 0 heterocycles. The molecule has 5 nitrogen and oxygen atoms in total. The summed E-state index contributed by atoms with van der Waals surface area (Å²) in [4.78, 5) is -1.14. The summed E-state index contributed by atoms with van der Waals surface area (Å²) in [6.07, 6.45) is 0. The Morgan fingerprint density at radius 2 is 1.81 bits per heavy atom. The molecule has 0 saturated carbocycles. The highest BCUT2D eigenvalue weighted by atomic mass is 35.7. The first-order valence-electron chi connectivity index (χ1n) is 3.86. The van der Waals surface area contributed by atoms with Gasteiger partial charge in [0.25, 0.3) is 9.05 Å². The molecule has 1 N–H and O–H groups in total. The van der Waals surface area contributed by atoms with E-state index in [1.165, 1.54) is 0 Å². The molecule has 90 valence electrons. The van der Waals surface area contributed by atoms with Gasteiger partial charge in [0.05, 0.1) is 4.90 Å². The number of hydrogen-bond donors (Lipinski definition) is 1. The molecule has 1 aromatic rings. The van der Waals surface area contributed by atoms with E-state index in [-0.39, 0.29) is 0 Å². The lowest BCUT2D eigenvalue weighted by molar-refractivity contribution is 0.557. The van der Waals surface area contributed by atoms with Gasteiger partial charge in [-0.25, -0.2) is 25.9 Å². The van der Waals surface area contributed by atoms with Crippen LogP contribution in [0.15, 0.2) is 28.0 Å². The summed E-state index contributed by atoms with van der Waals surface area (Å²) in [5, 5.41) is 0. The van der Waals surface area contributed by atoms with E-state index in [1.54, 1.807) is 0 Å². The Morgan fingerprint density at radius 3 is 2.19 bits per heavy atom. The molecule has 0 fully saturated rings. The average molecular weight is 288 g/mol. The van der Waals surface area contributed by atoms with Crippen LogP contribution in [0.1, 0.15) is 0 Å². The van der Waals surface area contributed by atoms with E-state index in [4.69, 9.17) is 10.7 Å². The van der Waals surface area contributed by atoms with Crippen molar-refractivity contribution in [3.63, 3.8) is 0 Å². The van der Waals surface area contributed by atoms with Crippen LogP contribution in [0, 0.1) is 5.82 Å². The molecule has 0 saturated heterocycles. The van der Waals surface area contributed by atoms with Crippen molar-refractivity contribution in [1.82, 2.24) is 4.72 Å². The van der Waals surface area contributed by atoms with Gasteiger partial charge in [-0.15, -0.1) is 0 Å². The van der Waals surface area contributed by atoms with E-state index in [1.807, 2.05) is 4.72 Å². The van der Waals surface area contributed by atoms with Gasteiger partial charge in [-0.05, 0) is 25.2 Å². The fraction of sp³-hybridized carbons (Fsp3) is 0.143. The highest BCUT2D eigenvalue weighted by molar-refractivity contribution is 8.13. The first kappa shape index (κ1) is 13.4. The van der Waals surface area contributed by atoms with E-state index >= 15 is 0 Å². The van der Waals surface area contributed by atoms with Crippen molar-refractivity contribution >= 4 is 29.8 Å². The number of halogens is 2. The molecular weight excluding hydrogens is 281 g/mol. The van der Waals surface area contributed by atoms with Crippen LogP contribution in [-0.2, 0) is 19.1 Å². The van der Waals surface area contributed by atoms with Crippen molar-refractivity contribution in [1.29, 1.82) is 0 Å². The molecule has 0 bridgehead atoms. The summed E-state index contributed by atoms with van der Waals surface area (Å²) in [7, 11) is -1.95. The normalized spacial score (nSPS) is 12.7. The van der Waals surface area contributed by atoms with Gasteiger partial charge in [0.2, 0.25) is 10.0 Å². The molecule has 1 rings (SSSR count). The summed E-state index contributed by atoms with van der Waals surface area (Å²) in [5.74, 6) is -1.18. The zero-order chi connectivity index (χ0) is 12.6. The van der Waals surface area contributed by atoms with Crippen molar-refractivity contribution in [3.8, 4) is 0 Å². The third kappa shape index (κ3) is 2.70. The summed E-state index contributed by atoms with van der Waals surface area (Å²) in [5.41, 5.74) is 0. The Morgan fingerprint density at radius 1 is 1.25 bits per heavy atom. The molecule has 0 radical (unpaired) electrons. The number of sulfonamides is 1. The number of nitrogens with one attached hydrogen (secondary N) is 1. The largest absolute Gasteiger partial charge is 0.261 e. The van der Waals surface area contributed by atoms with Crippen LogP contribution in [0.25, 0.3) is 0 Å². The van der Waals surface area contributed by atoms with Crippen LogP contribution in [0.5, 0.6) is 0 Å². The molecule has 16 heavy (non-hydrogen) atoms. The second kappa shape index (κ2) is 4.28. The van der Waals surface area contributed by atoms with Crippen LogP contribution >= 0.6 is 10.7 Å². The van der Waals surface area contributed by atoms with Crippen molar-refractivity contribution in [2.24, 2.45) is 0 Å². The van der Waals surface area contributed by atoms with Gasteiger partial charge in [0.15, 0.2) is 0 Å². The predicted octanol–water partition coefficient (Wildman–Crippen LogP) is 0.661. The minimum atomic E-state index is -4.08. The summed E-state index contributed by atoms with van der Waals surface area (Å²) >= 11 is 0. The molecule has 0 spiro atoms. The van der Waals surface area contributed by atoms with Gasteiger partial charge in [-0.3, -0.25) is 0 Å². The van der Waals surface area contributed by atoms with Gasteiger partial charge in [0, 0.05) is 10.7 Å². The van der Waals surface area contributed by atoms with Gasteiger partial charge < -0.3 is 0 Å². The maximum absolute atomic E-state index is 13.3. The van der Waals surface area contributed by atoms with Gasteiger partial charge >= 0.3 is 0 Å². The smallest absolute Gasteiger partial charge is 0.214 e. The lowest BCUT2D eigenvalue weighted by atomic mass is 10.3. The van der Waals surface area contributed by atoms with Crippen LogP contribution in [0.2, 0.25) is 0 Å². The van der Waals surface area contributed by atoms with Crippen LogP contribution in [0.3, 0.4) is 0 Å². The third-order valence-corrected chi connectivity index (χ3v) is 4.54. The predicted molar refractivity (Wildman–Crippen MR) is 55.7 cm³/mol. The molecule has 9 heteroatoms. The van der Waals surface area contributed by atoms with E-state index < -0.39 is 34.7 Å². The number of rotatable bonds is 3. The molecule has 0 aliphatic heterocycles. The SMILES string of the molecule is CNS(=O)(=O)c1ccc(S(=O)(=O)Cl)cc1F. The van der Waals surface area contributed by atoms with Crippen molar-refractivity contribution < 1.29 is 21.2 Å². The van der Waals surface area contributed by atoms with Crippen molar-refractivity contribution in [2.45, 2.75) is 9.79 Å². The van der Waals surface area contributed by atoms with E-state index in [2.05, 4.69) is 0 Å². The maximum Gasteiger partial charge on any atom is 0.261 e. The fourth-order valence-corrected chi connectivity index (χ4v) is 2.51. The summed E-state index contributed by atoms with van der Waals surface area (Å²) in [6, 6.07) is 2.29. The van der Waals surface area contributed by atoms with E-state index in [0.29, 0.717) is 6.07 Å². The van der Waals surface area contributed by atoms with Crippen molar-refractivity contribution in [2.75, 3.05) is 7.05 Å². The van der Waals surface area contributed by atoms with Crippen molar-refractivity contribution in [3.05, 3.63) is 24.0 Å². The molecule has 0 amide bonds. The first-order valence-corrected chi connectivity index (χ1v) is 7.65. The van der Waals surface area contributed by atoms with Gasteiger partial charge in [-0.1, -0.05) is 0 Å². The highest BCUT2D eigenvalue weighted by Gasteiger charge is 2.20. The minimum Gasteiger partial charge on any atom is -0.214 e. The molecular formula is C7H7ClFNO4S2. The molecule has 0 atom stereocenters. The fourth-order valence-electron chi connectivity index (χ4n) is 0.961. The quantitative estimate of drug-likeness (QED) is 0.828. The lowest BCUT2D eigenvalue weighted by Gasteiger charge is -2.04. The zero-order valence-corrected chi connectivity index (χ0v) is 10.3. The summed E-state index contributed by atoms with van der Waals surface area (Å²) in [6.45, 7) is 0. The Kier molecular flexibility index (Phi) is 3.58. The average Bonchev–Trinajstić information content (AvgIpc) is 2.16. The Hall–Kier alpha value is -0.700. The molecule has 0 aliphatic carbocycles. The third-order valence-electron chi connectivity index (χ3n) is 1.74. The topological polar surface area (TPSA) is 80.3 Å². The van der Waals surface area contributed by atoms with Crippen LogP contribution in [-0.4, -0.2) is 23.9 Å². The second-order valence-corrected chi connectivity index (χ2v) is 7.16. The Labute approximate surface area is 96.7 Å². The minimum absolute atomic E-state index is 0.498. The lowest BCUT2D eigenvalue weighted by Crippen LogP contribution is -2.20. The van der Waals surface area contributed by atoms with Crippen LogP contribution < -0.4 is 4.72 Å². The second-order valence-electron chi connectivity index (χ2n) is 2.74. The first-order chi connectivity index (χ1) is 7.18. The Balaban J connectivity index is 3.43. The van der Waals surface area contributed by atoms with Gasteiger partial charge in [-0.2, -0.15) is 0 Å². The highest BCUT2D eigenvalue weighted by Crippen LogP contribution is 2.21. The number of benzene rings is 1. The molecule has 0 unspecified atom stereocenters. The van der Waals surface area contributed by atoms with E-state index in [9.17, 15) is 21.2 Å². The molecule has 1 aromatic carbocycles. The Bertz CT molecular complexity index is 611. The molecule has 0 aromatic heterocycles. The van der Waals surface area contributed by atoms with Gasteiger partial charge in [0.1, 0.15) is 10.7 Å². The van der Waals surface area contributed by atoms with E-state index in [0.717, 1.165) is 19.2 Å². The summed E-state index contributed by atoms with van der Waals surface area (Å²) < 4.78 is 59.4.